The van der Waals surface area contributed by atoms with Crippen LogP contribution in [0.1, 0.15) is 25.7 Å². The number of amides is 1. The summed E-state index contributed by atoms with van der Waals surface area (Å²) < 4.78 is 0. The summed E-state index contributed by atoms with van der Waals surface area (Å²) in [6.45, 7) is 0. The number of rotatable bonds is 2. The lowest BCUT2D eigenvalue weighted by molar-refractivity contribution is -0.123. The van der Waals surface area contributed by atoms with Gasteiger partial charge in [-0.25, -0.2) is 0 Å². The van der Waals surface area contributed by atoms with Crippen molar-refractivity contribution in [3.8, 4) is 0 Å². The van der Waals surface area contributed by atoms with E-state index in [2.05, 4.69) is 10.6 Å². The van der Waals surface area contributed by atoms with Gasteiger partial charge in [0.25, 0.3) is 0 Å². The molecule has 2 N–H and O–H groups in total. The smallest absolute Gasteiger partial charge is 0.238 e. The molecule has 14 heavy (non-hydrogen) atoms. The molecule has 2 fully saturated rings. The molecular formula is C9H17ClN2OS. The number of halogens is 1. The van der Waals surface area contributed by atoms with Crippen molar-refractivity contribution in [2.75, 3.05) is 11.6 Å². The van der Waals surface area contributed by atoms with Crippen LogP contribution in [0, 0.1) is 0 Å². The zero-order valence-electron chi connectivity index (χ0n) is 8.12. The normalized spacial score (nSPS) is 27.3. The zero-order valence-corrected chi connectivity index (χ0v) is 9.76. The number of nitrogens with one attached hydrogen (secondary N) is 2. The Balaban J connectivity index is 0.000000980. The summed E-state index contributed by atoms with van der Waals surface area (Å²) in [5.74, 6) is 2.05. The molecule has 0 radical (unpaired) electrons. The minimum absolute atomic E-state index is 0. The van der Waals surface area contributed by atoms with Crippen LogP contribution in [-0.4, -0.2) is 29.6 Å². The molecular weight excluding hydrogens is 220 g/mol. The lowest BCUT2D eigenvalue weighted by Gasteiger charge is -2.15. The Kier molecular flexibility index (Phi) is 5.06. The minimum Gasteiger partial charge on any atom is -0.352 e. The monoisotopic (exact) mass is 236 g/mol. The Morgan fingerprint density at radius 3 is 2.64 bits per heavy atom. The molecule has 1 saturated carbocycles. The van der Waals surface area contributed by atoms with E-state index in [0.717, 1.165) is 11.6 Å². The molecule has 0 spiro atoms. The molecule has 1 atom stereocenters. The number of thioether (sulfide) groups is 1. The van der Waals surface area contributed by atoms with Gasteiger partial charge in [-0.1, -0.05) is 12.8 Å². The Hall–Kier alpha value is 0.0700. The molecule has 5 heteroatoms. The van der Waals surface area contributed by atoms with Gasteiger partial charge in [0.05, 0.1) is 6.04 Å². The Morgan fingerprint density at radius 2 is 2.07 bits per heavy atom. The van der Waals surface area contributed by atoms with E-state index < -0.39 is 0 Å². The summed E-state index contributed by atoms with van der Waals surface area (Å²) in [4.78, 5) is 11.6. The molecule has 1 amide bonds. The van der Waals surface area contributed by atoms with Gasteiger partial charge in [-0.05, 0) is 12.8 Å². The lowest BCUT2D eigenvalue weighted by atomic mass is 10.2. The van der Waals surface area contributed by atoms with Crippen LogP contribution in [0.4, 0.5) is 0 Å². The maximum Gasteiger partial charge on any atom is 0.238 e. The number of carbonyl (C=O) groups is 1. The van der Waals surface area contributed by atoms with Crippen molar-refractivity contribution < 1.29 is 4.79 Å². The molecule has 0 aromatic rings. The van der Waals surface area contributed by atoms with Gasteiger partial charge in [-0.15, -0.1) is 24.2 Å². The Bertz CT molecular complexity index is 191. The van der Waals surface area contributed by atoms with E-state index in [1.807, 2.05) is 0 Å². The molecule has 1 aliphatic carbocycles. The summed E-state index contributed by atoms with van der Waals surface area (Å²) in [6, 6.07) is 0.519. The Labute approximate surface area is 95.2 Å². The van der Waals surface area contributed by atoms with Crippen molar-refractivity contribution >= 4 is 30.1 Å². The van der Waals surface area contributed by atoms with Gasteiger partial charge in [0.2, 0.25) is 5.91 Å². The first-order valence-corrected chi connectivity index (χ1v) is 6.13. The number of carbonyl (C=O) groups excluding carboxylic acids is 1. The second kappa shape index (κ2) is 5.83. The predicted molar refractivity (Wildman–Crippen MR) is 61.9 cm³/mol. The predicted octanol–water partition coefficient (Wildman–Crippen LogP) is 1.13. The molecule has 0 unspecified atom stereocenters. The fourth-order valence-electron chi connectivity index (χ4n) is 1.94. The van der Waals surface area contributed by atoms with Gasteiger partial charge in [0, 0.05) is 17.7 Å². The largest absolute Gasteiger partial charge is 0.352 e. The maximum atomic E-state index is 11.6. The topological polar surface area (TPSA) is 41.1 Å². The van der Waals surface area contributed by atoms with E-state index in [1.165, 1.54) is 25.7 Å². The highest BCUT2D eigenvalue weighted by atomic mass is 35.5. The fraction of sp³-hybridized carbons (Fsp3) is 0.889. The molecule has 0 aromatic carbocycles. The van der Waals surface area contributed by atoms with E-state index in [9.17, 15) is 4.79 Å². The summed E-state index contributed by atoms with van der Waals surface area (Å²) in [5, 5.41) is 6.29. The van der Waals surface area contributed by atoms with Gasteiger partial charge in [-0.3, -0.25) is 10.1 Å². The number of hydrogen-bond donors (Lipinski definition) is 2. The minimum atomic E-state index is 0. The lowest BCUT2D eigenvalue weighted by Crippen LogP contribution is -2.45. The summed E-state index contributed by atoms with van der Waals surface area (Å²) in [6.07, 6.45) is 4.90. The van der Waals surface area contributed by atoms with Crippen molar-refractivity contribution in [3.63, 3.8) is 0 Å². The molecule has 0 aromatic heterocycles. The standard InChI is InChI=1S/C9H16N2OS.ClH/c12-9(8-5-13-6-10-8)11-7-3-1-2-4-7;/h7-8,10H,1-6H2,(H,11,12);1H/t8-;/m1./s1. The highest BCUT2D eigenvalue weighted by molar-refractivity contribution is 7.99. The molecule has 1 saturated heterocycles. The molecule has 3 nitrogen and oxygen atoms in total. The van der Waals surface area contributed by atoms with Crippen LogP contribution in [0.25, 0.3) is 0 Å². The SMILES string of the molecule is Cl.O=C(NC1CCCC1)[C@H]1CSCN1. The average molecular weight is 237 g/mol. The molecule has 1 heterocycles. The third kappa shape index (κ3) is 3.04. The van der Waals surface area contributed by atoms with Crippen LogP contribution in [0.5, 0.6) is 0 Å². The zero-order chi connectivity index (χ0) is 9.10. The van der Waals surface area contributed by atoms with Crippen LogP contribution < -0.4 is 10.6 Å². The molecule has 2 aliphatic rings. The van der Waals surface area contributed by atoms with Gasteiger partial charge >= 0.3 is 0 Å². The average Bonchev–Trinajstić information content (AvgIpc) is 2.74. The first-order chi connectivity index (χ1) is 6.36. The Morgan fingerprint density at radius 1 is 1.36 bits per heavy atom. The van der Waals surface area contributed by atoms with Gasteiger partial charge < -0.3 is 5.32 Å². The fourth-order valence-corrected chi connectivity index (χ4v) is 2.88. The maximum absolute atomic E-state index is 11.6. The second-order valence-corrected chi connectivity index (χ2v) is 4.79. The summed E-state index contributed by atoms with van der Waals surface area (Å²) >= 11 is 1.80. The highest BCUT2D eigenvalue weighted by Crippen LogP contribution is 2.18. The quantitative estimate of drug-likeness (QED) is 0.755. The van der Waals surface area contributed by atoms with E-state index in [-0.39, 0.29) is 24.4 Å². The molecule has 1 aliphatic heterocycles. The molecule has 2 rings (SSSR count). The molecule has 0 bridgehead atoms. The summed E-state index contributed by atoms with van der Waals surface area (Å²) in [5.41, 5.74) is 0. The van der Waals surface area contributed by atoms with Crippen molar-refractivity contribution in [3.05, 3.63) is 0 Å². The van der Waals surface area contributed by atoms with Gasteiger partial charge in [0.15, 0.2) is 0 Å². The third-order valence-electron chi connectivity index (χ3n) is 2.73. The van der Waals surface area contributed by atoms with Crippen LogP contribution in [0.3, 0.4) is 0 Å². The van der Waals surface area contributed by atoms with Crippen molar-refractivity contribution in [1.82, 2.24) is 10.6 Å². The van der Waals surface area contributed by atoms with Crippen molar-refractivity contribution in [2.24, 2.45) is 0 Å². The van der Waals surface area contributed by atoms with E-state index in [1.54, 1.807) is 11.8 Å². The van der Waals surface area contributed by atoms with E-state index in [4.69, 9.17) is 0 Å². The van der Waals surface area contributed by atoms with Crippen LogP contribution in [0.2, 0.25) is 0 Å². The van der Waals surface area contributed by atoms with Gasteiger partial charge in [0.1, 0.15) is 0 Å². The van der Waals surface area contributed by atoms with Crippen LogP contribution in [0.15, 0.2) is 0 Å². The van der Waals surface area contributed by atoms with Crippen molar-refractivity contribution in [1.29, 1.82) is 0 Å². The summed E-state index contributed by atoms with van der Waals surface area (Å²) in [7, 11) is 0. The van der Waals surface area contributed by atoms with Crippen LogP contribution >= 0.6 is 24.2 Å². The molecule has 82 valence electrons. The number of hydrogen-bond acceptors (Lipinski definition) is 3. The van der Waals surface area contributed by atoms with E-state index >= 15 is 0 Å². The first kappa shape index (κ1) is 12.1. The van der Waals surface area contributed by atoms with E-state index in [0.29, 0.717) is 6.04 Å². The second-order valence-electron chi connectivity index (χ2n) is 3.76. The highest BCUT2D eigenvalue weighted by Gasteiger charge is 2.25. The van der Waals surface area contributed by atoms with Crippen LogP contribution in [-0.2, 0) is 4.79 Å². The van der Waals surface area contributed by atoms with Crippen molar-refractivity contribution in [2.45, 2.75) is 37.8 Å². The first-order valence-electron chi connectivity index (χ1n) is 4.98. The van der Waals surface area contributed by atoms with Gasteiger partial charge in [-0.2, -0.15) is 0 Å². The third-order valence-corrected chi connectivity index (χ3v) is 3.67.